The third kappa shape index (κ3) is 3.61. The van der Waals surface area contributed by atoms with E-state index in [2.05, 4.69) is 28.7 Å². The van der Waals surface area contributed by atoms with Crippen LogP contribution in [0.25, 0.3) is 10.2 Å². The van der Waals surface area contributed by atoms with Gasteiger partial charge in [0.05, 0.1) is 10.2 Å². The Balaban J connectivity index is 2.03. The summed E-state index contributed by atoms with van der Waals surface area (Å²) in [6, 6.07) is 7.76. The second-order valence-corrected chi connectivity index (χ2v) is 6.59. The maximum Gasteiger partial charge on any atom is 0.354 e. The summed E-state index contributed by atoms with van der Waals surface area (Å²) < 4.78 is 14.8. The van der Waals surface area contributed by atoms with Crippen molar-refractivity contribution in [1.82, 2.24) is 9.97 Å². The van der Waals surface area contributed by atoms with Gasteiger partial charge in [0, 0.05) is 25.2 Å². The van der Waals surface area contributed by atoms with Crippen LogP contribution in [0.3, 0.4) is 0 Å². The number of aromatic carboxylic acids is 1. The van der Waals surface area contributed by atoms with Crippen molar-refractivity contribution in [2.24, 2.45) is 0 Å². The highest BCUT2D eigenvalue weighted by Crippen LogP contribution is 2.32. The minimum atomic E-state index is -1.08. The maximum atomic E-state index is 14.0. The molecule has 7 heteroatoms. The number of hydrogen-bond donors (Lipinski definition) is 1. The lowest BCUT2D eigenvalue weighted by atomic mass is 10.1. The summed E-state index contributed by atoms with van der Waals surface area (Å²) >= 11 is 1.46. The molecule has 3 aromatic rings. The summed E-state index contributed by atoms with van der Waals surface area (Å²) in [6.45, 7) is 5.77. The zero-order chi connectivity index (χ0) is 18.0. The quantitative estimate of drug-likeness (QED) is 0.721. The van der Waals surface area contributed by atoms with Crippen molar-refractivity contribution < 1.29 is 14.3 Å². The first kappa shape index (κ1) is 17.3. The molecular formula is C18H18FN3O2S. The van der Waals surface area contributed by atoms with E-state index in [1.807, 2.05) is 0 Å². The van der Waals surface area contributed by atoms with Crippen LogP contribution in [0.5, 0.6) is 0 Å². The second-order valence-electron chi connectivity index (χ2n) is 5.58. The highest BCUT2D eigenvalue weighted by atomic mass is 32.1. The van der Waals surface area contributed by atoms with E-state index in [1.54, 1.807) is 12.1 Å². The van der Waals surface area contributed by atoms with Crippen molar-refractivity contribution in [2.45, 2.75) is 20.3 Å². The smallest absolute Gasteiger partial charge is 0.354 e. The molecule has 5 nitrogen and oxygen atoms in total. The van der Waals surface area contributed by atoms with Crippen LogP contribution in [0.15, 0.2) is 30.3 Å². The van der Waals surface area contributed by atoms with Gasteiger partial charge in [-0.05, 0) is 43.7 Å². The summed E-state index contributed by atoms with van der Waals surface area (Å²) in [7, 11) is 0. The predicted molar refractivity (Wildman–Crippen MR) is 97.1 cm³/mol. The van der Waals surface area contributed by atoms with E-state index in [0.29, 0.717) is 17.7 Å². The van der Waals surface area contributed by atoms with Crippen LogP contribution in [0.4, 0.5) is 9.52 Å². The molecule has 0 saturated carbocycles. The van der Waals surface area contributed by atoms with Gasteiger partial charge in [0.15, 0.2) is 5.13 Å². The van der Waals surface area contributed by atoms with Crippen LogP contribution in [0.1, 0.15) is 35.6 Å². The molecule has 0 radical (unpaired) electrons. The highest BCUT2D eigenvalue weighted by molar-refractivity contribution is 7.22. The number of anilines is 1. The molecule has 2 aromatic heterocycles. The Hall–Kier alpha value is -2.54. The number of hydrogen-bond acceptors (Lipinski definition) is 5. The monoisotopic (exact) mass is 359 g/mol. The summed E-state index contributed by atoms with van der Waals surface area (Å²) in [4.78, 5) is 22.0. The number of halogens is 1. The standard InChI is InChI=1S/C18H18FN3O2S/c1-3-22(4-2)18-21-16-11(8-12(19)10-15(16)25-18)9-13-6-5-7-14(20-13)17(23)24/h5-8,10H,3-4,9H2,1-2H3,(H,23,24). The van der Waals surface area contributed by atoms with Crippen LogP contribution in [-0.2, 0) is 6.42 Å². The predicted octanol–water partition coefficient (Wildman–Crippen LogP) is 3.97. The maximum absolute atomic E-state index is 14.0. The molecule has 0 aliphatic rings. The first-order valence-corrected chi connectivity index (χ1v) is 8.86. The molecule has 1 N–H and O–H groups in total. The number of rotatable bonds is 6. The van der Waals surface area contributed by atoms with Crippen molar-refractivity contribution in [1.29, 1.82) is 0 Å². The van der Waals surface area contributed by atoms with E-state index in [0.717, 1.165) is 28.4 Å². The fourth-order valence-electron chi connectivity index (χ4n) is 2.71. The van der Waals surface area contributed by atoms with Crippen molar-refractivity contribution in [2.75, 3.05) is 18.0 Å². The lowest BCUT2D eigenvalue weighted by Gasteiger charge is -2.16. The number of thiazole rings is 1. The van der Waals surface area contributed by atoms with Gasteiger partial charge in [-0.1, -0.05) is 17.4 Å². The van der Waals surface area contributed by atoms with Gasteiger partial charge in [0.25, 0.3) is 0 Å². The SMILES string of the molecule is CCN(CC)c1nc2c(Cc3cccc(C(=O)O)n3)cc(F)cc2s1. The Bertz CT molecular complexity index is 922. The van der Waals surface area contributed by atoms with Crippen molar-refractivity contribution in [3.8, 4) is 0 Å². The van der Waals surface area contributed by atoms with E-state index in [9.17, 15) is 9.18 Å². The fourth-order valence-corrected chi connectivity index (χ4v) is 3.87. The molecule has 0 amide bonds. The van der Waals surface area contributed by atoms with Gasteiger partial charge >= 0.3 is 5.97 Å². The van der Waals surface area contributed by atoms with E-state index in [-0.39, 0.29) is 11.5 Å². The Morgan fingerprint density at radius 1 is 1.24 bits per heavy atom. The summed E-state index contributed by atoms with van der Waals surface area (Å²) in [5.41, 5.74) is 2.01. The van der Waals surface area contributed by atoms with Gasteiger partial charge in [0.2, 0.25) is 0 Å². The number of fused-ring (bicyclic) bond motifs is 1. The topological polar surface area (TPSA) is 66.3 Å². The first-order valence-electron chi connectivity index (χ1n) is 8.05. The molecule has 0 unspecified atom stereocenters. The Morgan fingerprint density at radius 2 is 2.00 bits per heavy atom. The third-order valence-corrected chi connectivity index (χ3v) is 5.02. The molecule has 0 atom stereocenters. The van der Waals surface area contributed by atoms with Gasteiger partial charge in [-0.15, -0.1) is 0 Å². The molecule has 2 heterocycles. The number of aromatic nitrogens is 2. The van der Waals surface area contributed by atoms with Gasteiger partial charge < -0.3 is 10.0 Å². The number of nitrogens with zero attached hydrogens (tertiary/aromatic N) is 3. The Labute approximate surface area is 148 Å². The largest absolute Gasteiger partial charge is 0.477 e. The molecule has 130 valence electrons. The van der Waals surface area contributed by atoms with Crippen LogP contribution in [0.2, 0.25) is 0 Å². The van der Waals surface area contributed by atoms with Gasteiger partial charge in [-0.25, -0.2) is 19.2 Å². The molecule has 0 bridgehead atoms. The minimum Gasteiger partial charge on any atom is -0.477 e. The Morgan fingerprint density at radius 3 is 2.68 bits per heavy atom. The zero-order valence-electron chi connectivity index (χ0n) is 14.0. The fraction of sp³-hybridized carbons (Fsp3) is 0.278. The Kier molecular flexibility index (Phi) is 4.94. The van der Waals surface area contributed by atoms with E-state index < -0.39 is 5.97 Å². The van der Waals surface area contributed by atoms with Crippen molar-refractivity contribution >= 4 is 32.7 Å². The summed E-state index contributed by atoms with van der Waals surface area (Å²) in [5, 5.41) is 9.93. The molecular weight excluding hydrogens is 341 g/mol. The zero-order valence-corrected chi connectivity index (χ0v) is 14.8. The number of carbonyl (C=O) groups is 1. The minimum absolute atomic E-state index is 0.0211. The van der Waals surface area contributed by atoms with E-state index in [1.165, 1.54) is 29.5 Å². The summed E-state index contributed by atoms with van der Waals surface area (Å²) in [6.07, 6.45) is 0.330. The van der Waals surface area contributed by atoms with Gasteiger partial charge in [-0.2, -0.15) is 0 Å². The lowest BCUT2D eigenvalue weighted by molar-refractivity contribution is 0.0690. The van der Waals surface area contributed by atoms with E-state index in [4.69, 9.17) is 5.11 Å². The number of carboxylic acid groups (broad SMARTS) is 1. The molecule has 0 saturated heterocycles. The number of pyridine rings is 1. The molecule has 0 fully saturated rings. The van der Waals surface area contributed by atoms with Crippen molar-refractivity contribution in [3.63, 3.8) is 0 Å². The van der Waals surface area contributed by atoms with Crippen molar-refractivity contribution in [3.05, 3.63) is 53.1 Å². The van der Waals surface area contributed by atoms with Crippen LogP contribution < -0.4 is 4.90 Å². The molecule has 0 spiro atoms. The molecule has 1 aromatic carbocycles. The van der Waals surface area contributed by atoms with Crippen LogP contribution in [0, 0.1) is 5.82 Å². The molecule has 3 rings (SSSR count). The highest BCUT2D eigenvalue weighted by Gasteiger charge is 2.15. The first-order chi connectivity index (χ1) is 12.0. The summed E-state index contributed by atoms with van der Waals surface area (Å²) in [5.74, 6) is -1.41. The van der Waals surface area contributed by atoms with E-state index >= 15 is 0 Å². The average Bonchev–Trinajstić information content (AvgIpc) is 3.00. The van der Waals surface area contributed by atoms with Crippen LogP contribution in [-0.4, -0.2) is 34.1 Å². The number of benzene rings is 1. The molecule has 0 aliphatic carbocycles. The average molecular weight is 359 g/mol. The lowest BCUT2D eigenvalue weighted by Crippen LogP contribution is -2.21. The molecule has 0 aliphatic heterocycles. The third-order valence-electron chi connectivity index (χ3n) is 3.96. The normalized spacial score (nSPS) is 11.0. The number of carboxylic acids is 1. The van der Waals surface area contributed by atoms with Gasteiger partial charge in [0.1, 0.15) is 11.5 Å². The van der Waals surface area contributed by atoms with Gasteiger partial charge in [-0.3, -0.25) is 0 Å². The second kappa shape index (κ2) is 7.14. The molecule has 25 heavy (non-hydrogen) atoms. The van der Waals surface area contributed by atoms with Crippen LogP contribution >= 0.6 is 11.3 Å².